The van der Waals surface area contributed by atoms with Gasteiger partial charge < -0.3 is 10.1 Å². The molecule has 0 aliphatic carbocycles. The zero-order valence-electron chi connectivity index (χ0n) is 16.4. The lowest BCUT2D eigenvalue weighted by Gasteiger charge is -2.24. The molecular formula is C24H21NO2S3. The quantitative estimate of drug-likeness (QED) is 0.358. The van der Waals surface area contributed by atoms with Crippen LogP contribution >= 0.6 is 35.7 Å². The van der Waals surface area contributed by atoms with Gasteiger partial charge in [-0.2, -0.15) is 0 Å². The summed E-state index contributed by atoms with van der Waals surface area (Å²) in [5.41, 5.74) is 2.96. The largest absolute Gasteiger partial charge is 0.443 e. The van der Waals surface area contributed by atoms with Crippen LogP contribution in [-0.4, -0.2) is 15.5 Å². The number of para-hydroxylation sites is 1. The van der Waals surface area contributed by atoms with E-state index in [1.165, 1.54) is 11.8 Å². The molecule has 1 heterocycles. The van der Waals surface area contributed by atoms with E-state index < -0.39 is 4.93 Å². The lowest BCUT2D eigenvalue weighted by molar-refractivity contribution is -0.147. The Bertz CT molecular complexity index is 1010. The van der Waals surface area contributed by atoms with Crippen LogP contribution in [0.1, 0.15) is 23.3 Å². The Hall–Kier alpha value is -2.28. The summed E-state index contributed by atoms with van der Waals surface area (Å²) in [4.78, 5) is 12.3. The number of thiocarbonyl (C=S) groups is 1. The molecule has 152 valence electrons. The van der Waals surface area contributed by atoms with E-state index in [0.29, 0.717) is 4.32 Å². The van der Waals surface area contributed by atoms with E-state index in [2.05, 4.69) is 5.32 Å². The van der Waals surface area contributed by atoms with Crippen LogP contribution in [0.2, 0.25) is 0 Å². The average molecular weight is 452 g/mol. The third-order valence-electron chi connectivity index (χ3n) is 4.83. The predicted molar refractivity (Wildman–Crippen MR) is 131 cm³/mol. The van der Waals surface area contributed by atoms with Gasteiger partial charge in [-0.15, -0.1) is 0 Å². The fourth-order valence-electron chi connectivity index (χ4n) is 3.35. The topological polar surface area (TPSA) is 38.3 Å². The second kappa shape index (κ2) is 9.25. The minimum Gasteiger partial charge on any atom is -0.443 e. The molecule has 1 unspecified atom stereocenters. The Morgan fingerprint density at radius 2 is 1.57 bits per heavy atom. The van der Waals surface area contributed by atoms with Crippen molar-refractivity contribution in [1.82, 2.24) is 0 Å². The van der Waals surface area contributed by atoms with Gasteiger partial charge in [0.1, 0.15) is 9.57 Å². The third kappa shape index (κ3) is 4.72. The van der Waals surface area contributed by atoms with Crippen molar-refractivity contribution in [3.05, 3.63) is 102 Å². The summed E-state index contributed by atoms with van der Waals surface area (Å²) in [5, 5.41) is 2.72. The van der Waals surface area contributed by atoms with E-state index in [1.54, 1.807) is 11.8 Å². The standard InChI is InChI=1S/C24H21NO2S3/c1-24(18-13-7-3-8-14-18)27-22(26)21(30-24)20(17-11-5-2-6-12-17)29-23(28)25-19-15-9-4-10-16-19/h2-16,20-21H,1H3,(H,25,28)/t20-,21+,24?/m1/s1. The number of rotatable bonds is 5. The summed E-state index contributed by atoms with van der Waals surface area (Å²) in [6, 6.07) is 29.7. The second-order valence-corrected chi connectivity index (χ2v) is 10.3. The van der Waals surface area contributed by atoms with Gasteiger partial charge in [0.25, 0.3) is 0 Å². The Morgan fingerprint density at radius 1 is 1.00 bits per heavy atom. The van der Waals surface area contributed by atoms with Gasteiger partial charge in [-0.3, -0.25) is 4.79 Å². The molecule has 0 aromatic heterocycles. The van der Waals surface area contributed by atoms with E-state index in [1.807, 2.05) is 97.9 Å². The van der Waals surface area contributed by atoms with Gasteiger partial charge >= 0.3 is 5.97 Å². The Morgan fingerprint density at radius 3 is 2.20 bits per heavy atom. The Labute approximate surface area is 190 Å². The van der Waals surface area contributed by atoms with Gasteiger partial charge in [0.2, 0.25) is 0 Å². The molecule has 1 N–H and O–H groups in total. The summed E-state index contributed by atoms with van der Waals surface area (Å²) in [6.45, 7) is 1.96. The molecule has 3 aromatic carbocycles. The molecule has 3 atom stereocenters. The molecule has 0 radical (unpaired) electrons. The zero-order valence-corrected chi connectivity index (χ0v) is 18.8. The lowest BCUT2D eigenvalue weighted by Crippen LogP contribution is -2.22. The van der Waals surface area contributed by atoms with Gasteiger partial charge in [0, 0.05) is 11.3 Å². The molecule has 0 bridgehead atoms. The van der Waals surface area contributed by atoms with Crippen molar-refractivity contribution in [3.8, 4) is 0 Å². The fourth-order valence-corrected chi connectivity index (χ4v) is 6.36. The first kappa shape index (κ1) is 21.0. The third-order valence-corrected chi connectivity index (χ3v) is 8.00. The number of nitrogens with one attached hydrogen (secondary N) is 1. The van der Waals surface area contributed by atoms with E-state index in [0.717, 1.165) is 16.8 Å². The molecular weight excluding hydrogens is 430 g/mol. The van der Waals surface area contributed by atoms with Crippen molar-refractivity contribution in [2.24, 2.45) is 0 Å². The fraction of sp³-hybridized carbons (Fsp3) is 0.167. The molecule has 1 saturated heterocycles. The maximum atomic E-state index is 13.0. The van der Waals surface area contributed by atoms with E-state index >= 15 is 0 Å². The number of benzene rings is 3. The highest BCUT2D eigenvalue weighted by atomic mass is 32.2. The summed E-state index contributed by atoms with van der Waals surface area (Å²) in [5.74, 6) is -0.213. The smallest absolute Gasteiger partial charge is 0.322 e. The number of carbonyl (C=O) groups excluding carboxylic acids is 1. The van der Waals surface area contributed by atoms with Crippen LogP contribution in [-0.2, 0) is 14.5 Å². The van der Waals surface area contributed by atoms with Crippen molar-refractivity contribution in [1.29, 1.82) is 0 Å². The molecule has 1 aliphatic rings. The minimum atomic E-state index is -0.717. The monoisotopic (exact) mass is 451 g/mol. The van der Waals surface area contributed by atoms with Gasteiger partial charge in [-0.25, -0.2) is 0 Å². The van der Waals surface area contributed by atoms with Crippen molar-refractivity contribution < 1.29 is 9.53 Å². The maximum absolute atomic E-state index is 13.0. The minimum absolute atomic E-state index is 0.169. The number of carbonyl (C=O) groups is 1. The Kier molecular flexibility index (Phi) is 6.46. The summed E-state index contributed by atoms with van der Waals surface area (Å²) < 4.78 is 6.52. The molecule has 3 aromatic rings. The van der Waals surface area contributed by atoms with Crippen LogP contribution in [0.3, 0.4) is 0 Å². The van der Waals surface area contributed by atoms with Crippen molar-refractivity contribution in [3.63, 3.8) is 0 Å². The van der Waals surface area contributed by atoms with E-state index in [9.17, 15) is 4.79 Å². The van der Waals surface area contributed by atoms with Crippen LogP contribution in [0.15, 0.2) is 91.0 Å². The zero-order chi connectivity index (χ0) is 21.0. The van der Waals surface area contributed by atoms with Gasteiger partial charge in [-0.1, -0.05) is 115 Å². The molecule has 0 amide bonds. The first-order valence-electron chi connectivity index (χ1n) is 9.59. The van der Waals surface area contributed by atoms with E-state index in [-0.39, 0.29) is 16.5 Å². The number of thioether (sulfide) groups is 2. The molecule has 1 aliphatic heterocycles. The number of hydrogen-bond acceptors (Lipinski definition) is 5. The number of esters is 1. The summed E-state index contributed by atoms with van der Waals surface area (Å²) in [7, 11) is 0. The van der Waals surface area contributed by atoms with Crippen LogP contribution in [0.5, 0.6) is 0 Å². The highest BCUT2D eigenvalue weighted by Gasteiger charge is 2.49. The molecule has 0 saturated carbocycles. The summed E-state index contributed by atoms with van der Waals surface area (Å²) >= 11 is 8.66. The first-order chi connectivity index (χ1) is 14.5. The number of ether oxygens (including phenoxy) is 1. The maximum Gasteiger partial charge on any atom is 0.322 e. The molecule has 1 fully saturated rings. The van der Waals surface area contributed by atoms with Crippen LogP contribution in [0.25, 0.3) is 0 Å². The second-order valence-electron chi connectivity index (χ2n) is 7.00. The lowest BCUT2D eigenvalue weighted by atomic mass is 10.1. The molecule has 3 nitrogen and oxygen atoms in total. The molecule has 6 heteroatoms. The van der Waals surface area contributed by atoms with Crippen molar-refractivity contribution in [2.75, 3.05) is 5.32 Å². The molecule has 4 rings (SSSR count). The van der Waals surface area contributed by atoms with Crippen molar-refractivity contribution >= 4 is 51.7 Å². The average Bonchev–Trinajstić information content (AvgIpc) is 3.09. The Balaban J connectivity index is 1.59. The first-order valence-corrected chi connectivity index (χ1v) is 11.8. The SMILES string of the molecule is CC1(c2ccccc2)OC(=O)[C@H]([C@H](SC(=S)Nc2ccccc2)c2ccccc2)S1. The highest BCUT2D eigenvalue weighted by molar-refractivity contribution is 8.24. The van der Waals surface area contributed by atoms with Gasteiger partial charge in [-0.05, 0) is 24.6 Å². The predicted octanol–water partition coefficient (Wildman–Crippen LogP) is 6.39. The molecule has 30 heavy (non-hydrogen) atoms. The van der Waals surface area contributed by atoms with Crippen molar-refractivity contribution in [2.45, 2.75) is 22.4 Å². The number of hydrogen-bond donors (Lipinski definition) is 1. The molecule has 0 spiro atoms. The van der Waals surface area contributed by atoms with E-state index in [4.69, 9.17) is 17.0 Å². The number of anilines is 1. The highest BCUT2D eigenvalue weighted by Crippen LogP contribution is 2.53. The van der Waals surface area contributed by atoms with Crippen LogP contribution < -0.4 is 5.32 Å². The van der Waals surface area contributed by atoms with Crippen LogP contribution in [0, 0.1) is 0 Å². The van der Waals surface area contributed by atoms with Gasteiger partial charge in [0.05, 0.1) is 5.25 Å². The normalized spacial score (nSPS) is 21.6. The van der Waals surface area contributed by atoms with Crippen LogP contribution in [0.4, 0.5) is 5.69 Å². The van der Waals surface area contributed by atoms with Gasteiger partial charge in [0.15, 0.2) is 4.93 Å². The number of cyclic esters (lactones) is 1. The summed E-state index contributed by atoms with van der Waals surface area (Å²) in [6.07, 6.45) is 0.